The van der Waals surface area contributed by atoms with Gasteiger partial charge in [0.1, 0.15) is 5.75 Å². The number of hydrogen-bond acceptors (Lipinski definition) is 5. The molecule has 8 heteroatoms. The Bertz CT molecular complexity index is 645. The van der Waals surface area contributed by atoms with E-state index in [9.17, 15) is 14.4 Å². The van der Waals surface area contributed by atoms with Gasteiger partial charge in [-0.2, -0.15) is 0 Å². The topological polar surface area (TPSA) is 114 Å². The summed E-state index contributed by atoms with van der Waals surface area (Å²) in [6.07, 6.45) is -0.274. The molecule has 1 aliphatic heterocycles. The average Bonchev–Trinajstić information content (AvgIpc) is 2.45. The van der Waals surface area contributed by atoms with Crippen LogP contribution in [0.3, 0.4) is 0 Å². The Kier molecular flexibility index (Phi) is 4.85. The molecule has 0 saturated heterocycles. The van der Waals surface area contributed by atoms with Gasteiger partial charge in [-0.15, -0.1) is 0 Å². The lowest BCUT2D eigenvalue weighted by Gasteiger charge is -2.28. The molecule has 1 aromatic carbocycles. The number of benzene rings is 1. The van der Waals surface area contributed by atoms with E-state index in [2.05, 4.69) is 10.6 Å². The maximum atomic E-state index is 12.4. The Morgan fingerprint density at radius 2 is 2.22 bits per heavy atom. The van der Waals surface area contributed by atoms with Crippen molar-refractivity contribution < 1.29 is 29.0 Å². The Hall–Kier alpha value is -2.61. The maximum absolute atomic E-state index is 12.4. The van der Waals surface area contributed by atoms with E-state index in [1.54, 1.807) is 13.0 Å². The predicted molar refractivity (Wildman–Crippen MR) is 80.6 cm³/mol. The number of hydrogen-bond donors (Lipinski definition) is 3. The van der Waals surface area contributed by atoms with Crippen molar-refractivity contribution in [1.82, 2.24) is 5.32 Å². The van der Waals surface area contributed by atoms with Crippen molar-refractivity contribution in [2.45, 2.75) is 18.9 Å². The molecule has 8 nitrogen and oxygen atoms in total. The minimum Gasteiger partial charge on any atom is -0.482 e. The summed E-state index contributed by atoms with van der Waals surface area (Å²) in [5.41, 5.74) is -0.251. The summed E-state index contributed by atoms with van der Waals surface area (Å²) in [5.74, 6) is -1.36. The third kappa shape index (κ3) is 4.19. The fourth-order valence-corrected chi connectivity index (χ4v) is 2.35. The fraction of sp³-hybridized carbons (Fsp3) is 0.400. The summed E-state index contributed by atoms with van der Waals surface area (Å²) in [7, 11) is 1.43. The van der Waals surface area contributed by atoms with Gasteiger partial charge in [0.2, 0.25) is 0 Å². The highest BCUT2D eigenvalue weighted by Crippen LogP contribution is 2.28. The monoisotopic (exact) mass is 322 g/mol. The number of aliphatic carboxylic acids is 1. The Morgan fingerprint density at radius 3 is 2.87 bits per heavy atom. The van der Waals surface area contributed by atoms with E-state index in [-0.39, 0.29) is 25.5 Å². The molecule has 1 unspecified atom stereocenters. The first-order valence-corrected chi connectivity index (χ1v) is 6.93. The summed E-state index contributed by atoms with van der Waals surface area (Å²) in [6, 6.07) is 4.58. The largest absolute Gasteiger partial charge is 0.482 e. The van der Waals surface area contributed by atoms with Gasteiger partial charge in [0, 0.05) is 12.7 Å². The van der Waals surface area contributed by atoms with E-state index in [1.807, 2.05) is 0 Å². The molecule has 1 heterocycles. The number of carboxylic acids is 1. The molecule has 0 aliphatic carbocycles. The molecule has 2 rings (SSSR count). The van der Waals surface area contributed by atoms with Crippen molar-refractivity contribution in [3.05, 3.63) is 23.8 Å². The van der Waals surface area contributed by atoms with Crippen LogP contribution < -0.4 is 15.4 Å². The van der Waals surface area contributed by atoms with Gasteiger partial charge in [-0.1, -0.05) is 0 Å². The molecule has 0 bridgehead atoms. The molecule has 0 fully saturated rings. The molecule has 124 valence electrons. The van der Waals surface area contributed by atoms with Crippen molar-refractivity contribution in [2.24, 2.45) is 0 Å². The van der Waals surface area contributed by atoms with Gasteiger partial charge < -0.3 is 25.2 Å². The molecular weight excluding hydrogens is 304 g/mol. The second-order valence-corrected chi connectivity index (χ2v) is 5.57. The molecule has 0 radical (unpaired) electrons. The highest BCUT2D eigenvalue weighted by molar-refractivity contribution is 5.99. The average molecular weight is 322 g/mol. The third-order valence-corrected chi connectivity index (χ3v) is 3.30. The van der Waals surface area contributed by atoms with Crippen LogP contribution >= 0.6 is 0 Å². The van der Waals surface area contributed by atoms with Crippen LogP contribution in [0.15, 0.2) is 18.2 Å². The van der Waals surface area contributed by atoms with Gasteiger partial charge in [0.05, 0.1) is 24.3 Å². The number of rotatable bonds is 6. The number of amides is 2. The summed E-state index contributed by atoms with van der Waals surface area (Å²) in [6.45, 7) is 1.54. The Balaban J connectivity index is 2.16. The van der Waals surface area contributed by atoms with Crippen LogP contribution in [0.1, 0.15) is 23.7 Å². The first-order chi connectivity index (χ1) is 10.8. The van der Waals surface area contributed by atoms with E-state index < -0.39 is 17.4 Å². The quantitative estimate of drug-likeness (QED) is 0.708. The molecule has 0 aromatic heterocycles. The van der Waals surface area contributed by atoms with E-state index >= 15 is 0 Å². The summed E-state index contributed by atoms with van der Waals surface area (Å²) >= 11 is 0. The van der Waals surface area contributed by atoms with Crippen molar-refractivity contribution in [2.75, 3.05) is 25.6 Å². The molecule has 1 atom stereocenters. The molecule has 0 saturated carbocycles. The number of ether oxygens (including phenoxy) is 2. The zero-order valence-electron chi connectivity index (χ0n) is 12.8. The lowest BCUT2D eigenvalue weighted by atomic mass is 9.98. The number of carbonyl (C=O) groups is 3. The number of carbonyl (C=O) groups excluding carboxylic acids is 2. The molecule has 0 spiro atoms. The highest BCUT2D eigenvalue weighted by atomic mass is 16.5. The number of nitrogens with one attached hydrogen (secondary N) is 2. The second-order valence-electron chi connectivity index (χ2n) is 5.57. The minimum atomic E-state index is -1.04. The van der Waals surface area contributed by atoms with Gasteiger partial charge in [-0.25, -0.2) is 0 Å². The number of carboxylic acid groups (broad SMARTS) is 1. The van der Waals surface area contributed by atoms with Crippen molar-refractivity contribution in [3.8, 4) is 5.75 Å². The third-order valence-electron chi connectivity index (χ3n) is 3.30. The first kappa shape index (κ1) is 16.8. The van der Waals surface area contributed by atoms with Gasteiger partial charge >= 0.3 is 5.97 Å². The lowest BCUT2D eigenvalue weighted by molar-refractivity contribution is -0.139. The van der Waals surface area contributed by atoms with Crippen molar-refractivity contribution in [1.29, 1.82) is 0 Å². The Labute approximate surface area is 132 Å². The summed E-state index contributed by atoms with van der Waals surface area (Å²) < 4.78 is 10.3. The Morgan fingerprint density at radius 1 is 1.48 bits per heavy atom. The van der Waals surface area contributed by atoms with Crippen LogP contribution in [0.5, 0.6) is 5.75 Å². The molecular formula is C15H18N2O6. The van der Waals surface area contributed by atoms with E-state index in [0.29, 0.717) is 17.0 Å². The zero-order chi connectivity index (χ0) is 17.0. The zero-order valence-corrected chi connectivity index (χ0v) is 12.8. The van der Waals surface area contributed by atoms with Crippen LogP contribution in [0, 0.1) is 0 Å². The van der Waals surface area contributed by atoms with Gasteiger partial charge in [0.25, 0.3) is 11.8 Å². The number of fused-ring (bicyclic) bond motifs is 1. The summed E-state index contributed by atoms with van der Waals surface area (Å²) in [4.78, 5) is 34.5. The SMILES string of the molecule is COCC(C)(CC(=O)O)NC(=O)c1ccc2c(c1)OCC(=O)N2. The van der Waals surface area contributed by atoms with Gasteiger partial charge in [0.15, 0.2) is 6.61 Å². The minimum absolute atomic E-state index is 0.0581. The van der Waals surface area contributed by atoms with Gasteiger partial charge in [-0.3, -0.25) is 14.4 Å². The van der Waals surface area contributed by atoms with Gasteiger partial charge in [-0.05, 0) is 25.1 Å². The normalized spacial score (nSPS) is 15.7. The maximum Gasteiger partial charge on any atom is 0.305 e. The predicted octanol–water partition coefficient (Wildman–Crippen LogP) is 0.627. The number of methoxy groups -OCH3 is 1. The molecule has 1 aromatic rings. The highest BCUT2D eigenvalue weighted by Gasteiger charge is 2.30. The van der Waals surface area contributed by atoms with Crippen LogP contribution in [0.4, 0.5) is 5.69 Å². The smallest absolute Gasteiger partial charge is 0.305 e. The van der Waals surface area contributed by atoms with Crippen LogP contribution in [-0.4, -0.2) is 48.8 Å². The van der Waals surface area contributed by atoms with E-state index in [1.165, 1.54) is 19.2 Å². The fourth-order valence-electron chi connectivity index (χ4n) is 2.35. The van der Waals surface area contributed by atoms with Crippen molar-refractivity contribution in [3.63, 3.8) is 0 Å². The van der Waals surface area contributed by atoms with Crippen molar-refractivity contribution >= 4 is 23.5 Å². The first-order valence-electron chi connectivity index (χ1n) is 6.93. The molecule has 3 N–H and O–H groups in total. The second kappa shape index (κ2) is 6.66. The molecule has 23 heavy (non-hydrogen) atoms. The van der Waals surface area contributed by atoms with E-state index in [4.69, 9.17) is 14.6 Å². The van der Waals surface area contributed by atoms with E-state index in [0.717, 1.165) is 0 Å². The molecule has 2 amide bonds. The number of anilines is 1. The standard InChI is InChI=1S/C15H18N2O6/c1-15(8-22-2,6-13(19)20)17-14(21)9-3-4-10-11(5-9)23-7-12(18)16-10/h3-5H,6-8H2,1-2H3,(H,16,18)(H,17,21)(H,19,20). The van der Waals surface area contributed by atoms with Crippen LogP contribution in [0.2, 0.25) is 0 Å². The molecule has 1 aliphatic rings. The van der Waals surface area contributed by atoms with Crippen LogP contribution in [0.25, 0.3) is 0 Å². The summed E-state index contributed by atoms with van der Waals surface area (Å²) in [5, 5.41) is 14.3. The van der Waals surface area contributed by atoms with Crippen LogP contribution in [-0.2, 0) is 14.3 Å². The lowest BCUT2D eigenvalue weighted by Crippen LogP contribution is -2.50.